The molecule has 0 aromatic rings. The average molecular weight is 181 g/mol. The first-order valence-electron chi connectivity index (χ1n) is 5.19. The zero-order chi connectivity index (χ0) is 9.90. The summed E-state index contributed by atoms with van der Waals surface area (Å²) in [6.45, 7) is 4.27. The monoisotopic (exact) mass is 181 g/mol. The maximum atomic E-state index is 10.3. The van der Waals surface area contributed by atoms with Crippen LogP contribution in [0.15, 0.2) is 0 Å². The van der Waals surface area contributed by atoms with Gasteiger partial charge in [0, 0.05) is 0 Å². The Morgan fingerprint density at radius 3 is 2.77 bits per heavy atom. The van der Waals surface area contributed by atoms with Gasteiger partial charge in [0.2, 0.25) is 0 Å². The molecule has 1 rings (SSSR count). The number of nitrogens with zero attached hydrogens (tertiary/aromatic N) is 1. The summed E-state index contributed by atoms with van der Waals surface area (Å²) < 4.78 is 0. The number of aliphatic hydroxyl groups is 1. The molecule has 1 aliphatic rings. The van der Waals surface area contributed by atoms with Crippen molar-refractivity contribution >= 4 is 0 Å². The quantitative estimate of drug-likeness (QED) is 0.711. The van der Waals surface area contributed by atoms with Gasteiger partial charge in [0.1, 0.15) is 0 Å². The average Bonchev–Trinajstić information content (AvgIpc) is 2.04. The van der Waals surface area contributed by atoms with Crippen molar-refractivity contribution in [3.05, 3.63) is 0 Å². The molecule has 2 unspecified atom stereocenters. The van der Waals surface area contributed by atoms with Gasteiger partial charge in [-0.25, -0.2) is 0 Å². The van der Waals surface area contributed by atoms with Crippen LogP contribution in [-0.4, -0.2) is 10.7 Å². The van der Waals surface area contributed by atoms with Crippen LogP contribution >= 0.6 is 0 Å². The van der Waals surface area contributed by atoms with Gasteiger partial charge in [-0.2, -0.15) is 5.26 Å². The molecular formula is C11H19NO. The molecular weight excluding hydrogens is 162 g/mol. The van der Waals surface area contributed by atoms with Crippen molar-refractivity contribution < 1.29 is 5.11 Å². The van der Waals surface area contributed by atoms with Crippen LogP contribution in [0, 0.1) is 23.2 Å². The molecule has 0 spiro atoms. The number of nitriles is 1. The Hall–Kier alpha value is -0.550. The van der Waals surface area contributed by atoms with Gasteiger partial charge in [0.05, 0.1) is 18.1 Å². The lowest BCUT2D eigenvalue weighted by Crippen LogP contribution is -2.42. The fourth-order valence-corrected chi connectivity index (χ4v) is 2.56. The highest BCUT2D eigenvalue weighted by Gasteiger charge is 2.39. The molecule has 74 valence electrons. The van der Waals surface area contributed by atoms with Crippen LogP contribution in [0.3, 0.4) is 0 Å². The molecule has 1 saturated carbocycles. The van der Waals surface area contributed by atoms with E-state index in [4.69, 9.17) is 5.26 Å². The zero-order valence-electron chi connectivity index (χ0n) is 8.58. The van der Waals surface area contributed by atoms with Crippen molar-refractivity contribution in [3.8, 4) is 6.07 Å². The van der Waals surface area contributed by atoms with Crippen LogP contribution in [0.1, 0.15) is 46.0 Å². The molecule has 0 heterocycles. The van der Waals surface area contributed by atoms with E-state index in [1.807, 2.05) is 0 Å². The lowest BCUT2D eigenvalue weighted by Gasteiger charge is -2.40. The fourth-order valence-electron chi connectivity index (χ4n) is 2.56. The number of rotatable bonds is 2. The van der Waals surface area contributed by atoms with E-state index < -0.39 is 5.60 Å². The number of hydrogen-bond donors (Lipinski definition) is 1. The molecule has 1 aliphatic carbocycles. The first kappa shape index (κ1) is 10.5. The summed E-state index contributed by atoms with van der Waals surface area (Å²) in [4.78, 5) is 0. The third kappa shape index (κ3) is 2.22. The SMILES string of the molecule is CC(C)C1CCCCC1(O)CC#N. The van der Waals surface area contributed by atoms with Gasteiger partial charge in [-0.05, 0) is 24.7 Å². The Kier molecular flexibility index (Phi) is 3.33. The molecule has 0 aliphatic heterocycles. The van der Waals surface area contributed by atoms with E-state index in [-0.39, 0.29) is 0 Å². The third-order valence-corrected chi connectivity index (χ3v) is 3.25. The normalized spacial score (nSPS) is 34.5. The van der Waals surface area contributed by atoms with Gasteiger partial charge < -0.3 is 5.11 Å². The van der Waals surface area contributed by atoms with E-state index in [0.29, 0.717) is 18.3 Å². The second-order valence-corrected chi connectivity index (χ2v) is 4.53. The van der Waals surface area contributed by atoms with Crippen molar-refractivity contribution in [3.63, 3.8) is 0 Å². The predicted molar refractivity (Wildman–Crippen MR) is 52.0 cm³/mol. The molecule has 1 fully saturated rings. The first-order chi connectivity index (χ1) is 6.10. The fraction of sp³-hybridized carbons (Fsp3) is 0.909. The highest BCUT2D eigenvalue weighted by atomic mass is 16.3. The summed E-state index contributed by atoms with van der Waals surface area (Å²) in [5.74, 6) is 0.805. The summed E-state index contributed by atoms with van der Waals surface area (Å²) in [5, 5.41) is 19.0. The third-order valence-electron chi connectivity index (χ3n) is 3.25. The summed E-state index contributed by atoms with van der Waals surface area (Å²) in [6.07, 6.45) is 4.47. The van der Waals surface area contributed by atoms with Gasteiger partial charge in [-0.3, -0.25) is 0 Å². The lowest BCUT2D eigenvalue weighted by atomic mass is 9.69. The summed E-state index contributed by atoms with van der Waals surface area (Å²) in [7, 11) is 0. The Balaban J connectivity index is 2.72. The maximum Gasteiger partial charge on any atom is 0.0807 e. The summed E-state index contributed by atoms with van der Waals surface area (Å²) >= 11 is 0. The van der Waals surface area contributed by atoms with E-state index >= 15 is 0 Å². The van der Waals surface area contributed by atoms with Gasteiger partial charge in [0.15, 0.2) is 0 Å². The van der Waals surface area contributed by atoms with Gasteiger partial charge >= 0.3 is 0 Å². The smallest absolute Gasteiger partial charge is 0.0807 e. The molecule has 2 nitrogen and oxygen atoms in total. The van der Waals surface area contributed by atoms with Crippen LogP contribution in [0.2, 0.25) is 0 Å². The Morgan fingerprint density at radius 1 is 1.54 bits per heavy atom. The maximum absolute atomic E-state index is 10.3. The van der Waals surface area contributed by atoms with Gasteiger partial charge in [-0.1, -0.05) is 26.7 Å². The molecule has 0 saturated heterocycles. The largest absolute Gasteiger partial charge is 0.389 e. The van der Waals surface area contributed by atoms with Crippen LogP contribution in [0.5, 0.6) is 0 Å². The highest BCUT2D eigenvalue weighted by molar-refractivity contribution is 4.97. The van der Waals surface area contributed by atoms with Crippen molar-refractivity contribution in [2.45, 2.75) is 51.6 Å². The van der Waals surface area contributed by atoms with Crippen molar-refractivity contribution in [1.82, 2.24) is 0 Å². The molecule has 0 bridgehead atoms. The minimum absolute atomic E-state index is 0.301. The van der Waals surface area contributed by atoms with Crippen molar-refractivity contribution in [2.24, 2.45) is 11.8 Å². The van der Waals surface area contributed by atoms with E-state index in [1.165, 1.54) is 6.42 Å². The second-order valence-electron chi connectivity index (χ2n) is 4.53. The summed E-state index contributed by atoms with van der Waals surface area (Å²) in [5.41, 5.74) is -0.693. The van der Waals surface area contributed by atoms with Crippen molar-refractivity contribution in [1.29, 1.82) is 5.26 Å². The van der Waals surface area contributed by atoms with E-state index in [9.17, 15) is 5.11 Å². The lowest BCUT2D eigenvalue weighted by molar-refractivity contribution is -0.0618. The second kappa shape index (κ2) is 4.11. The first-order valence-corrected chi connectivity index (χ1v) is 5.19. The summed E-state index contributed by atoms with van der Waals surface area (Å²) in [6, 6.07) is 2.11. The molecule has 2 atom stereocenters. The Bertz CT molecular complexity index is 207. The molecule has 0 aromatic heterocycles. The minimum atomic E-state index is -0.693. The molecule has 1 N–H and O–H groups in total. The molecule has 2 heteroatoms. The Labute approximate surface area is 80.6 Å². The zero-order valence-corrected chi connectivity index (χ0v) is 8.58. The Morgan fingerprint density at radius 2 is 2.23 bits per heavy atom. The molecule has 13 heavy (non-hydrogen) atoms. The van der Waals surface area contributed by atoms with Gasteiger partial charge in [-0.15, -0.1) is 0 Å². The van der Waals surface area contributed by atoms with E-state index in [2.05, 4.69) is 19.9 Å². The molecule has 0 aromatic carbocycles. The predicted octanol–water partition coefficient (Wildman–Crippen LogP) is 2.48. The van der Waals surface area contributed by atoms with Crippen molar-refractivity contribution in [2.75, 3.05) is 0 Å². The molecule has 0 amide bonds. The van der Waals surface area contributed by atoms with Gasteiger partial charge in [0.25, 0.3) is 0 Å². The minimum Gasteiger partial charge on any atom is -0.389 e. The van der Waals surface area contributed by atoms with Crippen LogP contribution < -0.4 is 0 Å². The van der Waals surface area contributed by atoms with E-state index in [1.54, 1.807) is 0 Å². The van der Waals surface area contributed by atoms with Crippen LogP contribution in [-0.2, 0) is 0 Å². The van der Waals surface area contributed by atoms with Crippen LogP contribution in [0.25, 0.3) is 0 Å². The van der Waals surface area contributed by atoms with E-state index in [0.717, 1.165) is 19.3 Å². The topological polar surface area (TPSA) is 44.0 Å². The number of hydrogen-bond acceptors (Lipinski definition) is 2. The molecule has 0 radical (unpaired) electrons. The van der Waals surface area contributed by atoms with Crippen LogP contribution in [0.4, 0.5) is 0 Å². The highest BCUT2D eigenvalue weighted by Crippen LogP contribution is 2.40. The standard InChI is InChI=1S/C11H19NO/c1-9(2)10-5-3-4-6-11(10,13)7-8-12/h9-10,13H,3-7H2,1-2H3.